The lowest BCUT2D eigenvalue weighted by molar-refractivity contribution is 0.101. The monoisotopic (exact) mass is 308 g/mol. The second-order valence-electron chi connectivity index (χ2n) is 4.96. The Bertz CT molecular complexity index is 783. The SMILES string of the molecule is CC(=O)c1ccc(Nc2nccc(NCc3ccco3)n2)cc1. The molecule has 0 radical (unpaired) electrons. The molecule has 0 amide bonds. The van der Waals surface area contributed by atoms with E-state index >= 15 is 0 Å². The first kappa shape index (κ1) is 14.8. The molecule has 1 aromatic carbocycles. The number of furan rings is 1. The lowest BCUT2D eigenvalue weighted by Crippen LogP contribution is -2.03. The molecule has 116 valence electrons. The number of ketones is 1. The predicted molar refractivity (Wildman–Crippen MR) is 87.8 cm³/mol. The lowest BCUT2D eigenvalue weighted by atomic mass is 10.1. The molecule has 0 fully saturated rings. The van der Waals surface area contributed by atoms with Gasteiger partial charge in [0.2, 0.25) is 5.95 Å². The summed E-state index contributed by atoms with van der Waals surface area (Å²) in [5.74, 6) is 2.04. The zero-order chi connectivity index (χ0) is 16.1. The van der Waals surface area contributed by atoms with Crippen molar-refractivity contribution < 1.29 is 9.21 Å². The molecule has 0 bridgehead atoms. The van der Waals surface area contributed by atoms with Crippen molar-refractivity contribution in [3.8, 4) is 0 Å². The Labute approximate surface area is 133 Å². The van der Waals surface area contributed by atoms with Gasteiger partial charge < -0.3 is 15.1 Å². The Balaban J connectivity index is 1.66. The average molecular weight is 308 g/mol. The highest BCUT2D eigenvalue weighted by molar-refractivity contribution is 5.94. The van der Waals surface area contributed by atoms with Crippen LogP contribution in [0.25, 0.3) is 0 Å². The summed E-state index contributed by atoms with van der Waals surface area (Å²) >= 11 is 0. The Kier molecular flexibility index (Phi) is 4.33. The van der Waals surface area contributed by atoms with Crippen molar-refractivity contribution in [2.45, 2.75) is 13.5 Å². The van der Waals surface area contributed by atoms with Crippen LogP contribution in [0.2, 0.25) is 0 Å². The summed E-state index contributed by atoms with van der Waals surface area (Å²) in [6.45, 7) is 2.09. The lowest BCUT2D eigenvalue weighted by Gasteiger charge is -2.08. The number of benzene rings is 1. The number of anilines is 3. The highest BCUT2D eigenvalue weighted by atomic mass is 16.3. The van der Waals surface area contributed by atoms with Crippen LogP contribution in [0.3, 0.4) is 0 Å². The molecule has 0 unspecified atom stereocenters. The first-order valence-corrected chi connectivity index (χ1v) is 7.18. The van der Waals surface area contributed by atoms with Gasteiger partial charge in [0.15, 0.2) is 5.78 Å². The van der Waals surface area contributed by atoms with Gasteiger partial charge in [-0.3, -0.25) is 4.79 Å². The fraction of sp³-hybridized carbons (Fsp3) is 0.118. The van der Waals surface area contributed by atoms with Crippen LogP contribution in [0.5, 0.6) is 0 Å². The number of hydrogen-bond acceptors (Lipinski definition) is 6. The Hall–Kier alpha value is -3.15. The van der Waals surface area contributed by atoms with Gasteiger partial charge in [-0.15, -0.1) is 0 Å². The molecule has 6 nitrogen and oxygen atoms in total. The second-order valence-corrected chi connectivity index (χ2v) is 4.96. The molecule has 0 aliphatic heterocycles. The molecule has 0 saturated carbocycles. The number of Topliss-reactive ketones (excluding diaryl/α,β-unsaturated/α-hetero) is 1. The number of rotatable bonds is 6. The molecule has 23 heavy (non-hydrogen) atoms. The van der Waals surface area contributed by atoms with Crippen molar-refractivity contribution in [1.82, 2.24) is 9.97 Å². The zero-order valence-electron chi connectivity index (χ0n) is 12.6. The van der Waals surface area contributed by atoms with Crippen molar-refractivity contribution in [2.75, 3.05) is 10.6 Å². The van der Waals surface area contributed by atoms with E-state index in [0.717, 1.165) is 11.4 Å². The minimum atomic E-state index is 0.0388. The van der Waals surface area contributed by atoms with Crippen molar-refractivity contribution >= 4 is 23.2 Å². The number of hydrogen-bond donors (Lipinski definition) is 2. The van der Waals surface area contributed by atoms with E-state index in [-0.39, 0.29) is 5.78 Å². The van der Waals surface area contributed by atoms with E-state index in [2.05, 4.69) is 20.6 Å². The van der Waals surface area contributed by atoms with Gasteiger partial charge >= 0.3 is 0 Å². The van der Waals surface area contributed by atoms with Crippen LogP contribution in [0.15, 0.2) is 59.3 Å². The number of carbonyl (C=O) groups excluding carboxylic acids is 1. The quantitative estimate of drug-likeness (QED) is 0.677. The van der Waals surface area contributed by atoms with E-state index < -0.39 is 0 Å². The maximum Gasteiger partial charge on any atom is 0.229 e. The topological polar surface area (TPSA) is 80.0 Å². The van der Waals surface area contributed by atoms with Gasteiger partial charge in [-0.1, -0.05) is 0 Å². The molecule has 0 aliphatic carbocycles. The van der Waals surface area contributed by atoms with E-state index in [1.54, 1.807) is 37.6 Å². The number of carbonyl (C=O) groups is 1. The van der Waals surface area contributed by atoms with E-state index in [1.807, 2.05) is 24.3 Å². The summed E-state index contributed by atoms with van der Waals surface area (Å²) < 4.78 is 5.26. The largest absolute Gasteiger partial charge is 0.467 e. The Morgan fingerprint density at radius 2 is 2.00 bits per heavy atom. The van der Waals surface area contributed by atoms with Crippen molar-refractivity contribution in [1.29, 1.82) is 0 Å². The third kappa shape index (κ3) is 3.94. The molecule has 6 heteroatoms. The fourth-order valence-electron chi connectivity index (χ4n) is 2.03. The van der Waals surface area contributed by atoms with E-state index in [1.165, 1.54) is 0 Å². The molecule has 0 aliphatic rings. The van der Waals surface area contributed by atoms with Gasteiger partial charge in [0.1, 0.15) is 11.6 Å². The minimum Gasteiger partial charge on any atom is -0.467 e. The van der Waals surface area contributed by atoms with Gasteiger partial charge in [0.25, 0.3) is 0 Å². The maximum atomic E-state index is 11.3. The third-order valence-electron chi connectivity index (χ3n) is 3.23. The summed E-state index contributed by atoms with van der Waals surface area (Å²) in [4.78, 5) is 19.8. The molecule has 3 rings (SSSR count). The van der Waals surface area contributed by atoms with Gasteiger partial charge in [-0.2, -0.15) is 4.98 Å². The van der Waals surface area contributed by atoms with Crippen molar-refractivity contribution in [3.05, 3.63) is 66.2 Å². The standard InChI is InChI=1S/C17H16N4O2/c1-12(22)13-4-6-14(7-5-13)20-17-18-9-8-16(21-17)19-11-15-3-2-10-23-15/h2-10H,11H2,1H3,(H2,18,19,20,21). The summed E-state index contributed by atoms with van der Waals surface area (Å²) in [5.41, 5.74) is 1.49. The molecular formula is C17H16N4O2. The molecule has 2 aromatic heterocycles. The first-order valence-electron chi connectivity index (χ1n) is 7.18. The third-order valence-corrected chi connectivity index (χ3v) is 3.23. The first-order chi connectivity index (χ1) is 11.2. The average Bonchev–Trinajstić information content (AvgIpc) is 3.07. The van der Waals surface area contributed by atoms with E-state index in [9.17, 15) is 4.79 Å². The normalized spacial score (nSPS) is 10.3. The molecule has 0 saturated heterocycles. The highest BCUT2D eigenvalue weighted by Gasteiger charge is 2.03. The smallest absolute Gasteiger partial charge is 0.229 e. The van der Waals surface area contributed by atoms with E-state index in [4.69, 9.17) is 4.42 Å². The van der Waals surface area contributed by atoms with Crippen LogP contribution < -0.4 is 10.6 Å². The van der Waals surface area contributed by atoms with E-state index in [0.29, 0.717) is 23.9 Å². The molecule has 3 aromatic rings. The summed E-state index contributed by atoms with van der Waals surface area (Å²) in [6.07, 6.45) is 3.30. The van der Waals surface area contributed by atoms with Crippen molar-refractivity contribution in [3.63, 3.8) is 0 Å². The van der Waals surface area contributed by atoms with Crippen LogP contribution in [-0.2, 0) is 6.54 Å². The number of aromatic nitrogens is 2. The maximum absolute atomic E-state index is 11.3. The molecular weight excluding hydrogens is 292 g/mol. The van der Waals surface area contributed by atoms with Gasteiger partial charge in [-0.25, -0.2) is 4.98 Å². The highest BCUT2D eigenvalue weighted by Crippen LogP contribution is 2.16. The Morgan fingerprint density at radius 3 is 2.70 bits per heavy atom. The van der Waals surface area contributed by atoms with Gasteiger partial charge in [-0.05, 0) is 49.4 Å². The van der Waals surface area contributed by atoms with Crippen LogP contribution in [-0.4, -0.2) is 15.8 Å². The van der Waals surface area contributed by atoms with Crippen LogP contribution in [0.1, 0.15) is 23.0 Å². The second kappa shape index (κ2) is 6.74. The molecule has 0 spiro atoms. The summed E-state index contributed by atoms with van der Waals surface area (Å²) in [5, 5.41) is 6.27. The van der Waals surface area contributed by atoms with Crippen LogP contribution in [0.4, 0.5) is 17.5 Å². The van der Waals surface area contributed by atoms with Crippen LogP contribution >= 0.6 is 0 Å². The van der Waals surface area contributed by atoms with Crippen LogP contribution in [0, 0.1) is 0 Å². The number of nitrogens with one attached hydrogen (secondary N) is 2. The van der Waals surface area contributed by atoms with Crippen molar-refractivity contribution in [2.24, 2.45) is 0 Å². The number of nitrogens with zero attached hydrogens (tertiary/aromatic N) is 2. The summed E-state index contributed by atoms with van der Waals surface area (Å²) in [6, 6.07) is 12.7. The molecule has 0 atom stereocenters. The Morgan fingerprint density at radius 1 is 1.17 bits per heavy atom. The molecule has 2 N–H and O–H groups in total. The zero-order valence-corrected chi connectivity index (χ0v) is 12.6. The predicted octanol–water partition coefficient (Wildman–Crippen LogP) is 3.63. The van der Waals surface area contributed by atoms with Gasteiger partial charge in [0, 0.05) is 17.4 Å². The summed E-state index contributed by atoms with van der Waals surface area (Å²) in [7, 11) is 0. The van der Waals surface area contributed by atoms with Gasteiger partial charge in [0.05, 0.1) is 12.8 Å². The molecule has 2 heterocycles. The minimum absolute atomic E-state index is 0.0388. The fourth-order valence-corrected chi connectivity index (χ4v) is 2.03.